The molecule has 0 saturated carbocycles. The first-order chi connectivity index (χ1) is 28.6. The molecule has 4 heterocycles. The van der Waals surface area contributed by atoms with Gasteiger partial charge >= 0.3 is 11.8 Å². The zero-order valence-electron chi connectivity index (χ0n) is 36.7. The maximum absolute atomic E-state index is 14.6. The molecule has 4 aliphatic rings. The van der Waals surface area contributed by atoms with Crippen LogP contribution in [0.15, 0.2) is 42.2 Å². The van der Waals surface area contributed by atoms with Gasteiger partial charge in [-0.1, -0.05) is 45.9 Å². The highest BCUT2D eigenvalue weighted by Crippen LogP contribution is 2.54. The number of esters is 1. The van der Waals surface area contributed by atoms with Crippen LogP contribution in [0.5, 0.6) is 23.0 Å². The molecule has 16 nitrogen and oxygen atoms in total. The first-order valence-corrected chi connectivity index (χ1v) is 20.5. The summed E-state index contributed by atoms with van der Waals surface area (Å²) in [7, 11) is 1.44. The van der Waals surface area contributed by atoms with Crippen LogP contribution in [-0.4, -0.2) is 118 Å². The maximum atomic E-state index is 14.6. The summed E-state index contributed by atoms with van der Waals surface area (Å²) in [5, 5.41) is 48.6. The number of ketones is 1. The molecule has 5 N–H and O–H groups in total. The summed E-state index contributed by atoms with van der Waals surface area (Å²) in [6, 6.07) is 0.756. The first kappa shape index (κ1) is 46.9. The van der Waals surface area contributed by atoms with Gasteiger partial charge in [-0.15, -0.1) is 0 Å². The van der Waals surface area contributed by atoms with Gasteiger partial charge in [0.1, 0.15) is 23.4 Å². The molecule has 5 bridgehead atoms. The second-order valence-corrected chi connectivity index (χ2v) is 16.7. The van der Waals surface area contributed by atoms with Gasteiger partial charge in [0.05, 0.1) is 66.5 Å². The summed E-state index contributed by atoms with van der Waals surface area (Å²) in [5.74, 6) is -8.12. The molecule has 1 saturated heterocycles. The minimum Gasteiger partial charge on any atom is -0.507 e. The lowest BCUT2D eigenvalue weighted by Crippen LogP contribution is -2.53. The largest absolute Gasteiger partial charge is 0.507 e. The number of carbonyl (C=O) groups is 4. The Morgan fingerprint density at radius 2 is 1.59 bits per heavy atom. The lowest BCUT2D eigenvalue weighted by molar-refractivity contribution is -0.160. The van der Waals surface area contributed by atoms with Crippen molar-refractivity contribution in [1.82, 2.24) is 4.90 Å². The molecule has 4 aliphatic heterocycles. The fourth-order valence-electron chi connectivity index (χ4n) is 8.46. The number of nitrogens with one attached hydrogen (secondary N) is 1. The smallest absolute Gasteiger partial charge is 0.312 e. The van der Waals surface area contributed by atoms with Crippen molar-refractivity contribution in [3.8, 4) is 23.0 Å². The molecule has 16 heteroatoms. The predicted octanol–water partition coefficient (Wildman–Crippen LogP) is 5.06. The van der Waals surface area contributed by atoms with Gasteiger partial charge in [0.15, 0.2) is 12.4 Å². The number of morpholine rings is 1. The Hall–Kier alpha value is -5.16. The standard InChI is InChI=1S/C45H60N2O14/c1-21-13-12-14-22(2)44(55)46-30-17-32(58-20-33(49)47-23(3)18-57-19-24(47)4)34-35(40(30)53)39(52)28(8)42-36(34)43(54)45(10,61-42)59-16-15-31(56-11)25(5)41(60-29(9)48)27(7)38(51)26(6)37(21)50/h12-17,21,23-27,31,37-38,41,50-53H,18-20H2,1-11H3,(H,46,55)/b13-12-,16-15?,22-14-/t21-,23?,24?,25+,26+,27+,31-,37-,38+,41+,45-/m0/s1. The van der Waals surface area contributed by atoms with Gasteiger partial charge in [0, 0.05) is 67.2 Å². The minimum absolute atomic E-state index is 0.0651. The van der Waals surface area contributed by atoms with E-state index in [2.05, 4.69) is 5.32 Å². The molecule has 0 radical (unpaired) electrons. The van der Waals surface area contributed by atoms with Crippen LogP contribution in [-0.2, 0) is 33.3 Å². The molecule has 0 aliphatic carbocycles. The highest BCUT2D eigenvalue weighted by molar-refractivity contribution is 6.21. The number of hydrogen-bond donors (Lipinski definition) is 5. The van der Waals surface area contributed by atoms with Crippen molar-refractivity contribution in [2.24, 2.45) is 23.7 Å². The number of benzene rings is 2. The van der Waals surface area contributed by atoms with E-state index in [9.17, 15) is 39.6 Å². The number of hydrogen-bond acceptors (Lipinski definition) is 14. The van der Waals surface area contributed by atoms with Crippen LogP contribution in [0.3, 0.4) is 0 Å². The highest BCUT2D eigenvalue weighted by Gasteiger charge is 2.50. The Bertz CT molecular complexity index is 2100. The Kier molecular flexibility index (Phi) is 14.5. The van der Waals surface area contributed by atoms with Crippen LogP contribution >= 0.6 is 0 Å². The molecule has 2 amide bonds. The molecular weight excluding hydrogens is 792 g/mol. The van der Waals surface area contributed by atoms with Crippen LogP contribution in [0.1, 0.15) is 78.2 Å². The van der Waals surface area contributed by atoms with Gasteiger partial charge in [0.2, 0.25) is 0 Å². The van der Waals surface area contributed by atoms with E-state index in [1.165, 1.54) is 59.3 Å². The molecule has 11 atom stereocenters. The van der Waals surface area contributed by atoms with Crippen molar-refractivity contribution in [1.29, 1.82) is 0 Å². The fraction of sp³-hybridized carbons (Fsp3) is 0.556. The Labute approximate surface area is 356 Å². The number of aliphatic hydroxyl groups is 2. The van der Waals surface area contributed by atoms with E-state index in [1.54, 1.807) is 44.7 Å². The van der Waals surface area contributed by atoms with E-state index >= 15 is 0 Å². The van der Waals surface area contributed by atoms with Crippen LogP contribution in [0.4, 0.5) is 5.69 Å². The average Bonchev–Trinajstić information content (AvgIpc) is 3.47. The Balaban J connectivity index is 1.67. The number of anilines is 1. The van der Waals surface area contributed by atoms with Gasteiger partial charge in [-0.05, 0) is 33.8 Å². The molecule has 1 fully saturated rings. The zero-order chi connectivity index (χ0) is 45.2. The van der Waals surface area contributed by atoms with Crippen LogP contribution in [0.25, 0.3) is 10.8 Å². The number of Topliss-reactive ketones (excluding diaryl/α,β-unsaturated/α-hetero) is 1. The number of aliphatic hydroxyl groups excluding tert-OH is 2. The molecular formula is C45H60N2O14. The quantitative estimate of drug-likeness (QED) is 0.196. The second kappa shape index (κ2) is 18.8. The number of nitrogens with zero attached hydrogens (tertiary/aromatic N) is 1. The van der Waals surface area contributed by atoms with Gasteiger partial charge in [0.25, 0.3) is 17.6 Å². The van der Waals surface area contributed by atoms with Crippen molar-refractivity contribution < 1.29 is 68.0 Å². The summed E-state index contributed by atoms with van der Waals surface area (Å²) >= 11 is 0. The zero-order valence-corrected chi connectivity index (χ0v) is 36.7. The molecule has 6 rings (SSSR count). The Morgan fingerprint density at radius 3 is 2.21 bits per heavy atom. The van der Waals surface area contributed by atoms with Crippen LogP contribution < -0.4 is 14.8 Å². The van der Waals surface area contributed by atoms with Gasteiger partial charge < -0.3 is 59.1 Å². The van der Waals surface area contributed by atoms with Crippen molar-refractivity contribution >= 4 is 40.0 Å². The maximum Gasteiger partial charge on any atom is 0.312 e. The third-order valence-electron chi connectivity index (χ3n) is 12.1. The second-order valence-electron chi connectivity index (χ2n) is 16.7. The van der Waals surface area contributed by atoms with Crippen molar-refractivity contribution in [2.45, 2.75) is 112 Å². The number of phenols is 2. The van der Waals surface area contributed by atoms with Gasteiger partial charge in [-0.25, -0.2) is 0 Å². The number of ether oxygens (including phenoxy) is 6. The number of fused-ring (bicyclic) bond motifs is 14. The Morgan fingerprint density at radius 1 is 0.934 bits per heavy atom. The summed E-state index contributed by atoms with van der Waals surface area (Å²) in [6.45, 7) is 16.4. The number of rotatable bonds is 5. The van der Waals surface area contributed by atoms with E-state index < -0.39 is 89.6 Å². The monoisotopic (exact) mass is 852 g/mol. The number of amides is 2. The summed E-state index contributed by atoms with van der Waals surface area (Å²) < 4.78 is 35.5. The van der Waals surface area contributed by atoms with Gasteiger partial charge in [-0.3, -0.25) is 19.2 Å². The first-order valence-electron chi connectivity index (χ1n) is 20.5. The molecule has 334 valence electrons. The predicted molar refractivity (Wildman–Crippen MR) is 224 cm³/mol. The van der Waals surface area contributed by atoms with E-state index in [0.29, 0.717) is 13.2 Å². The average molecular weight is 853 g/mol. The SMILES string of the molecule is CO[C@H]1C=CO[C@@]2(C)Oc3c(C)c(O)c4c(O)c(cc(OCC(=O)N5C(C)COCC5C)c4c3C2=O)NC(=O)/C(C)=C\C=C/[C@H](C)[C@H](O)[C@@H](C)[C@@H](O)[C@@H](C)[C@H](OC(C)=O)[C@@H]1C. The molecule has 2 aromatic carbocycles. The number of aromatic hydroxyl groups is 2. The normalized spacial score (nSPS) is 32.7. The topological polar surface area (TPSA) is 220 Å². The van der Waals surface area contributed by atoms with E-state index in [4.69, 9.17) is 28.4 Å². The van der Waals surface area contributed by atoms with E-state index in [1.807, 2.05) is 13.8 Å². The number of methoxy groups -OCH3 is 1. The van der Waals surface area contributed by atoms with Gasteiger partial charge in [-0.2, -0.15) is 0 Å². The van der Waals surface area contributed by atoms with Crippen LogP contribution in [0.2, 0.25) is 0 Å². The molecule has 0 spiro atoms. The molecule has 2 unspecified atom stereocenters. The molecule has 2 aromatic rings. The number of phenolic OH excluding ortho intramolecular Hbond substituents is 2. The lowest BCUT2D eigenvalue weighted by Gasteiger charge is -2.38. The highest BCUT2D eigenvalue weighted by atomic mass is 16.7. The third kappa shape index (κ3) is 9.37. The number of allylic oxidation sites excluding steroid dienone is 2. The van der Waals surface area contributed by atoms with E-state index in [-0.39, 0.29) is 62.6 Å². The lowest BCUT2D eigenvalue weighted by atomic mass is 9.78. The fourth-order valence-corrected chi connectivity index (χ4v) is 8.46. The van der Waals surface area contributed by atoms with Crippen molar-refractivity contribution in [2.75, 3.05) is 32.2 Å². The summed E-state index contributed by atoms with van der Waals surface area (Å²) in [4.78, 5) is 55.8. The van der Waals surface area contributed by atoms with Crippen molar-refractivity contribution in [3.05, 3.63) is 53.3 Å². The molecule has 0 aromatic heterocycles. The summed E-state index contributed by atoms with van der Waals surface area (Å²) in [5.41, 5.74) is -0.0390. The third-order valence-corrected chi connectivity index (χ3v) is 12.1. The number of carbonyl (C=O) groups excluding carboxylic acids is 4. The molecule has 61 heavy (non-hydrogen) atoms. The minimum atomic E-state index is -2.04. The van der Waals surface area contributed by atoms with Crippen molar-refractivity contribution in [3.63, 3.8) is 0 Å². The van der Waals surface area contributed by atoms with Crippen LogP contribution in [0, 0.1) is 30.6 Å². The van der Waals surface area contributed by atoms with E-state index in [0.717, 1.165) is 0 Å². The summed E-state index contributed by atoms with van der Waals surface area (Å²) in [6.07, 6.45) is 3.57.